The van der Waals surface area contributed by atoms with Gasteiger partial charge in [-0.3, -0.25) is 0 Å². The zero-order valence-corrected chi connectivity index (χ0v) is 11.1. The van der Waals surface area contributed by atoms with Crippen molar-refractivity contribution in [2.24, 2.45) is 0 Å². The average Bonchev–Trinajstić information content (AvgIpc) is 3.08. The van der Waals surface area contributed by atoms with E-state index < -0.39 is 0 Å². The number of hydrogen-bond acceptors (Lipinski definition) is 2. The number of unbranched alkanes of at least 4 members (excludes halogenated alkanes) is 6. The van der Waals surface area contributed by atoms with Gasteiger partial charge in [0.1, 0.15) is 12.2 Å². The van der Waals surface area contributed by atoms with Gasteiger partial charge in [-0.05, 0) is 19.3 Å². The van der Waals surface area contributed by atoms with Gasteiger partial charge in [0.05, 0.1) is 0 Å². The summed E-state index contributed by atoms with van der Waals surface area (Å²) in [6.45, 7) is 2.27. The molecule has 1 aliphatic rings. The number of aryl methyl sites for hydroxylation is 1. The second-order valence-corrected chi connectivity index (χ2v) is 5.26. The Balaban J connectivity index is 1.56. The third-order valence-electron chi connectivity index (χ3n) is 3.59. The fourth-order valence-electron chi connectivity index (χ4n) is 2.34. The van der Waals surface area contributed by atoms with Crippen LogP contribution in [0.1, 0.15) is 76.6 Å². The van der Waals surface area contributed by atoms with Crippen LogP contribution in [0.25, 0.3) is 0 Å². The molecular formula is C14H25N3. The van der Waals surface area contributed by atoms with Crippen LogP contribution in [0.5, 0.6) is 0 Å². The summed E-state index contributed by atoms with van der Waals surface area (Å²) in [5.41, 5.74) is 0. The van der Waals surface area contributed by atoms with Crippen LogP contribution in [0.2, 0.25) is 0 Å². The molecule has 0 saturated heterocycles. The summed E-state index contributed by atoms with van der Waals surface area (Å²) < 4.78 is 2.29. The normalized spacial score (nSPS) is 15.4. The van der Waals surface area contributed by atoms with Gasteiger partial charge in [0.25, 0.3) is 0 Å². The molecule has 3 heteroatoms. The van der Waals surface area contributed by atoms with Gasteiger partial charge in [-0.25, -0.2) is 0 Å². The van der Waals surface area contributed by atoms with E-state index in [1.807, 2.05) is 6.33 Å². The van der Waals surface area contributed by atoms with Crippen molar-refractivity contribution in [2.45, 2.75) is 77.2 Å². The fourth-order valence-corrected chi connectivity index (χ4v) is 2.34. The lowest BCUT2D eigenvalue weighted by Gasteiger charge is -2.04. The summed E-state index contributed by atoms with van der Waals surface area (Å²) in [4.78, 5) is 0. The van der Waals surface area contributed by atoms with E-state index in [2.05, 4.69) is 21.7 Å². The number of nitrogens with zero attached hydrogens (tertiary/aromatic N) is 3. The first-order valence-corrected chi connectivity index (χ1v) is 7.30. The summed E-state index contributed by atoms with van der Waals surface area (Å²) >= 11 is 0. The van der Waals surface area contributed by atoms with Crippen LogP contribution < -0.4 is 0 Å². The molecule has 0 unspecified atom stereocenters. The summed E-state index contributed by atoms with van der Waals surface area (Å²) in [7, 11) is 0. The summed E-state index contributed by atoms with van der Waals surface area (Å²) in [6.07, 6.45) is 15.2. The van der Waals surface area contributed by atoms with Crippen LogP contribution in [0.15, 0.2) is 6.33 Å². The zero-order valence-electron chi connectivity index (χ0n) is 11.1. The Kier molecular flexibility index (Phi) is 5.02. The maximum atomic E-state index is 4.24. The molecule has 96 valence electrons. The molecule has 1 fully saturated rings. The largest absolute Gasteiger partial charge is 0.314 e. The molecule has 0 aliphatic heterocycles. The Bertz CT molecular complexity index is 315. The summed E-state index contributed by atoms with van der Waals surface area (Å²) in [6, 6.07) is 0.726. The SMILES string of the molecule is CCCCCCCCCc1nncn1C1CC1. The fraction of sp³-hybridized carbons (Fsp3) is 0.857. The molecule has 1 aliphatic carbocycles. The lowest BCUT2D eigenvalue weighted by molar-refractivity contribution is 0.573. The Hall–Kier alpha value is -0.860. The monoisotopic (exact) mass is 235 g/mol. The molecule has 0 spiro atoms. The molecule has 1 saturated carbocycles. The number of hydrogen-bond donors (Lipinski definition) is 0. The van der Waals surface area contributed by atoms with Gasteiger partial charge < -0.3 is 4.57 Å². The van der Waals surface area contributed by atoms with Crippen molar-refractivity contribution in [1.29, 1.82) is 0 Å². The first-order valence-electron chi connectivity index (χ1n) is 7.30. The van der Waals surface area contributed by atoms with Gasteiger partial charge >= 0.3 is 0 Å². The Labute approximate surface area is 105 Å². The van der Waals surface area contributed by atoms with Gasteiger partial charge in [-0.15, -0.1) is 10.2 Å². The predicted molar refractivity (Wildman–Crippen MR) is 70.0 cm³/mol. The molecule has 0 radical (unpaired) electrons. The maximum Gasteiger partial charge on any atom is 0.133 e. The minimum absolute atomic E-state index is 0.726. The highest BCUT2D eigenvalue weighted by Crippen LogP contribution is 2.35. The third-order valence-corrected chi connectivity index (χ3v) is 3.59. The molecule has 0 atom stereocenters. The quantitative estimate of drug-likeness (QED) is 0.608. The van der Waals surface area contributed by atoms with Crippen molar-refractivity contribution in [1.82, 2.24) is 14.8 Å². The van der Waals surface area contributed by atoms with Crippen LogP contribution in [0.3, 0.4) is 0 Å². The van der Waals surface area contributed by atoms with E-state index in [1.54, 1.807) is 0 Å². The maximum absolute atomic E-state index is 4.24. The molecular weight excluding hydrogens is 210 g/mol. The van der Waals surface area contributed by atoms with Crippen LogP contribution in [-0.2, 0) is 6.42 Å². The highest BCUT2D eigenvalue weighted by Gasteiger charge is 2.25. The lowest BCUT2D eigenvalue weighted by atomic mass is 10.1. The second kappa shape index (κ2) is 6.77. The van der Waals surface area contributed by atoms with Crippen molar-refractivity contribution >= 4 is 0 Å². The minimum Gasteiger partial charge on any atom is -0.314 e. The smallest absolute Gasteiger partial charge is 0.133 e. The topological polar surface area (TPSA) is 30.7 Å². The zero-order chi connectivity index (χ0) is 11.9. The van der Waals surface area contributed by atoms with E-state index in [1.165, 1.54) is 63.6 Å². The standard InChI is InChI=1S/C14H25N3/c1-2-3-4-5-6-7-8-9-14-16-15-12-17(14)13-10-11-13/h12-13H,2-11H2,1H3. The van der Waals surface area contributed by atoms with E-state index in [0.717, 1.165) is 12.5 Å². The van der Waals surface area contributed by atoms with E-state index in [4.69, 9.17) is 0 Å². The summed E-state index contributed by atoms with van der Waals surface area (Å²) in [5.74, 6) is 1.21. The highest BCUT2D eigenvalue weighted by molar-refractivity contribution is 4.94. The molecule has 1 aromatic rings. The van der Waals surface area contributed by atoms with Crippen molar-refractivity contribution in [3.63, 3.8) is 0 Å². The van der Waals surface area contributed by atoms with Crippen molar-refractivity contribution < 1.29 is 0 Å². The van der Waals surface area contributed by atoms with Gasteiger partial charge in [0.15, 0.2) is 0 Å². The van der Waals surface area contributed by atoms with Crippen LogP contribution in [0, 0.1) is 0 Å². The number of rotatable bonds is 9. The molecule has 0 aromatic carbocycles. The van der Waals surface area contributed by atoms with Crippen molar-refractivity contribution in [3.8, 4) is 0 Å². The average molecular weight is 235 g/mol. The first-order chi connectivity index (χ1) is 8.42. The van der Waals surface area contributed by atoms with Crippen LogP contribution >= 0.6 is 0 Å². The molecule has 0 bridgehead atoms. The molecule has 3 nitrogen and oxygen atoms in total. The summed E-state index contributed by atoms with van der Waals surface area (Å²) in [5, 5.41) is 8.27. The Morgan fingerprint density at radius 2 is 1.82 bits per heavy atom. The first kappa shape index (κ1) is 12.6. The second-order valence-electron chi connectivity index (χ2n) is 5.26. The Morgan fingerprint density at radius 3 is 2.53 bits per heavy atom. The van der Waals surface area contributed by atoms with Crippen molar-refractivity contribution in [2.75, 3.05) is 0 Å². The van der Waals surface area contributed by atoms with E-state index in [-0.39, 0.29) is 0 Å². The minimum atomic E-state index is 0.726. The molecule has 1 heterocycles. The van der Waals surface area contributed by atoms with Gasteiger partial charge in [-0.1, -0.05) is 45.4 Å². The highest BCUT2D eigenvalue weighted by atomic mass is 15.3. The van der Waals surface area contributed by atoms with Gasteiger partial charge in [-0.2, -0.15) is 0 Å². The van der Waals surface area contributed by atoms with E-state index in [0.29, 0.717) is 0 Å². The van der Waals surface area contributed by atoms with Gasteiger partial charge in [0.2, 0.25) is 0 Å². The third kappa shape index (κ3) is 4.14. The van der Waals surface area contributed by atoms with Gasteiger partial charge in [0, 0.05) is 12.5 Å². The molecule has 2 rings (SSSR count). The van der Waals surface area contributed by atoms with E-state index >= 15 is 0 Å². The van der Waals surface area contributed by atoms with Crippen LogP contribution in [-0.4, -0.2) is 14.8 Å². The Morgan fingerprint density at radius 1 is 1.12 bits per heavy atom. The van der Waals surface area contributed by atoms with E-state index in [9.17, 15) is 0 Å². The number of aromatic nitrogens is 3. The lowest BCUT2D eigenvalue weighted by Crippen LogP contribution is -2.00. The predicted octanol–water partition coefficient (Wildman–Crippen LogP) is 3.91. The molecule has 0 N–H and O–H groups in total. The molecule has 17 heavy (non-hydrogen) atoms. The molecule has 1 aromatic heterocycles. The molecule has 0 amide bonds. The van der Waals surface area contributed by atoms with Crippen LogP contribution in [0.4, 0.5) is 0 Å². The van der Waals surface area contributed by atoms with Crippen molar-refractivity contribution in [3.05, 3.63) is 12.2 Å².